The molecule has 120 valence electrons. The molecule has 0 amide bonds. The molecule has 2 atom stereocenters. The molecule has 2 aromatic carbocycles. The zero-order chi connectivity index (χ0) is 15.9. The van der Waals surface area contributed by atoms with Crippen LogP contribution >= 0.6 is 23.5 Å². The predicted octanol–water partition coefficient (Wildman–Crippen LogP) is 5.91. The van der Waals surface area contributed by atoms with Crippen molar-refractivity contribution in [3.05, 3.63) is 72.1 Å². The Kier molecular flexibility index (Phi) is 3.60. The highest BCUT2D eigenvalue weighted by atomic mass is 32.2. The zero-order valence-electron chi connectivity index (χ0n) is 13.2. The summed E-state index contributed by atoms with van der Waals surface area (Å²) in [5.41, 5.74) is 5.22. The maximum absolute atomic E-state index is 3.60. The number of aromatic nitrogens is 2. The first-order valence-electron chi connectivity index (χ1n) is 8.25. The van der Waals surface area contributed by atoms with Crippen LogP contribution in [0.15, 0.2) is 60.7 Å². The lowest BCUT2D eigenvalue weighted by Crippen LogP contribution is -2.11. The number of benzene rings is 2. The van der Waals surface area contributed by atoms with Gasteiger partial charge in [-0.2, -0.15) is 0 Å². The van der Waals surface area contributed by atoms with E-state index >= 15 is 0 Å². The van der Waals surface area contributed by atoms with Crippen molar-refractivity contribution in [2.24, 2.45) is 0 Å². The average molecular weight is 351 g/mol. The van der Waals surface area contributed by atoms with Gasteiger partial charge in [0.25, 0.3) is 0 Å². The quantitative estimate of drug-likeness (QED) is 0.471. The highest BCUT2D eigenvalue weighted by Gasteiger charge is 2.26. The third-order valence-corrected chi connectivity index (χ3v) is 7.81. The molecule has 0 aliphatic carbocycles. The molecule has 1 aliphatic rings. The normalized spacial score (nSPS) is 21.5. The van der Waals surface area contributed by atoms with E-state index in [0.717, 1.165) is 11.5 Å². The maximum atomic E-state index is 3.60. The Bertz CT molecular complexity index is 845. The molecule has 2 N–H and O–H groups in total. The SMILES string of the molecule is c1ccc2[nH]c(C3CSC(c4cc5ccccc5[nH]4)CS3)cc2c1. The van der Waals surface area contributed by atoms with Gasteiger partial charge in [-0.3, -0.25) is 0 Å². The fourth-order valence-corrected chi connectivity index (χ4v) is 6.43. The summed E-state index contributed by atoms with van der Waals surface area (Å²) in [6, 6.07) is 21.7. The molecule has 0 bridgehead atoms. The highest BCUT2D eigenvalue weighted by Crippen LogP contribution is 2.46. The Morgan fingerprint density at radius 1 is 0.667 bits per heavy atom. The molecule has 2 aromatic heterocycles. The van der Waals surface area contributed by atoms with E-state index in [1.54, 1.807) is 0 Å². The molecule has 4 aromatic rings. The number of nitrogens with one attached hydrogen (secondary N) is 2. The topological polar surface area (TPSA) is 31.6 Å². The summed E-state index contributed by atoms with van der Waals surface area (Å²) < 4.78 is 0. The molecular formula is C20H18N2S2. The highest BCUT2D eigenvalue weighted by molar-refractivity contribution is 8.06. The number of fused-ring (bicyclic) bond motifs is 2. The van der Waals surface area contributed by atoms with Crippen molar-refractivity contribution in [2.75, 3.05) is 11.5 Å². The van der Waals surface area contributed by atoms with Crippen molar-refractivity contribution in [1.82, 2.24) is 9.97 Å². The van der Waals surface area contributed by atoms with E-state index in [0.29, 0.717) is 10.5 Å². The summed E-state index contributed by atoms with van der Waals surface area (Å²) in [6.07, 6.45) is 0. The summed E-state index contributed by atoms with van der Waals surface area (Å²) >= 11 is 4.14. The fraction of sp³-hybridized carbons (Fsp3) is 0.200. The summed E-state index contributed by atoms with van der Waals surface area (Å²) in [4.78, 5) is 7.20. The lowest BCUT2D eigenvalue weighted by molar-refractivity contribution is 0.981. The number of hydrogen-bond acceptors (Lipinski definition) is 2. The summed E-state index contributed by atoms with van der Waals surface area (Å²) in [5, 5.41) is 3.75. The Labute approximate surface area is 149 Å². The van der Waals surface area contributed by atoms with Crippen molar-refractivity contribution in [1.29, 1.82) is 0 Å². The summed E-state index contributed by atoms with van der Waals surface area (Å²) in [7, 11) is 0. The van der Waals surface area contributed by atoms with E-state index in [4.69, 9.17) is 0 Å². The molecular weight excluding hydrogens is 332 g/mol. The largest absolute Gasteiger partial charge is 0.357 e. The van der Waals surface area contributed by atoms with Gasteiger partial charge in [0.15, 0.2) is 0 Å². The Morgan fingerprint density at radius 2 is 1.12 bits per heavy atom. The van der Waals surface area contributed by atoms with Crippen molar-refractivity contribution in [3.8, 4) is 0 Å². The van der Waals surface area contributed by atoms with Crippen LogP contribution < -0.4 is 0 Å². The van der Waals surface area contributed by atoms with Gasteiger partial charge in [-0.25, -0.2) is 0 Å². The van der Waals surface area contributed by atoms with Crippen molar-refractivity contribution >= 4 is 45.3 Å². The van der Waals surface area contributed by atoms with E-state index < -0.39 is 0 Å². The average Bonchev–Trinajstić information content (AvgIpc) is 3.25. The molecule has 5 rings (SSSR count). The van der Waals surface area contributed by atoms with Gasteiger partial charge in [-0.1, -0.05) is 36.4 Å². The van der Waals surface area contributed by atoms with Crippen LogP contribution in [-0.4, -0.2) is 21.5 Å². The first-order chi connectivity index (χ1) is 11.9. The number of para-hydroxylation sites is 2. The number of rotatable bonds is 2. The van der Waals surface area contributed by atoms with Gasteiger partial charge < -0.3 is 9.97 Å². The molecule has 2 unspecified atom stereocenters. The van der Waals surface area contributed by atoms with Crippen LogP contribution in [0.3, 0.4) is 0 Å². The first-order valence-corrected chi connectivity index (χ1v) is 10.3. The van der Waals surface area contributed by atoms with E-state index in [9.17, 15) is 0 Å². The minimum atomic E-state index is 0.558. The van der Waals surface area contributed by atoms with Crippen molar-refractivity contribution in [3.63, 3.8) is 0 Å². The van der Waals surface area contributed by atoms with Crippen molar-refractivity contribution in [2.45, 2.75) is 10.5 Å². The Balaban J connectivity index is 1.34. The minimum absolute atomic E-state index is 0.558. The van der Waals surface area contributed by atoms with Gasteiger partial charge in [0, 0.05) is 33.9 Å². The van der Waals surface area contributed by atoms with E-state index in [1.165, 1.54) is 33.2 Å². The van der Waals surface area contributed by atoms with Gasteiger partial charge >= 0.3 is 0 Å². The maximum Gasteiger partial charge on any atom is 0.0539 e. The Hall–Kier alpha value is -1.78. The van der Waals surface area contributed by atoms with Gasteiger partial charge in [0.05, 0.1) is 10.5 Å². The number of H-pyrrole nitrogens is 2. The second-order valence-electron chi connectivity index (χ2n) is 6.27. The van der Waals surface area contributed by atoms with Crippen LogP contribution in [0.2, 0.25) is 0 Å². The third kappa shape index (κ3) is 2.54. The molecule has 4 heteroatoms. The van der Waals surface area contributed by atoms with Crippen LogP contribution in [-0.2, 0) is 0 Å². The van der Waals surface area contributed by atoms with Crippen molar-refractivity contribution < 1.29 is 0 Å². The standard InChI is InChI=1S/C20H18N2S2/c1-3-7-15-13(5-1)9-17(21-15)19-11-24-20(12-23-19)18-10-14-6-2-4-8-16(14)22-18/h1-10,19-22H,11-12H2. The van der Waals surface area contributed by atoms with Crippen LogP contribution in [0.25, 0.3) is 21.8 Å². The number of thioether (sulfide) groups is 2. The minimum Gasteiger partial charge on any atom is -0.357 e. The molecule has 24 heavy (non-hydrogen) atoms. The van der Waals surface area contributed by atoms with E-state index in [1.807, 2.05) is 0 Å². The van der Waals surface area contributed by atoms with Gasteiger partial charge in [-0.05, 0) is 35.0 Å². The van der Waals surface area contributed by atoms with Gasteiger partial charge in [0.2, 0.25) is 0 Å². The third-order valence-electron chi connectivity index (χ3n) is 4.69. The van der Waals surface area contributed by atoms with E-state index in [-0.39, 0.29) is 0 Å². The monoisotopic (exact) mass is 350 g/mol. The molecule has 1 aliphatic heterocycles. The number of aromatic amines is 2. The molecule has 0 spiro atoms. The van der Waals surface area contributed by atoms with Crippen LogP contribution in [0.5, 0.6) is 0 Å². The lowest BCUT2D eigenvalue weighted by atomic mass is 10.2. The predicted molar refractivity (Wildman–Crippen MR) is 107 cm³/mol. The molecule has 1 fully saturated rings. The van der Waals surface area contributed by atoms with E-state index in [2.05, 4.69) is 94.2 Å². The lowest BCUT2D eigenvalue weighted by Gasteiger charge is -2.26. The molecule has 2 nitrogen and oxygen atoms in total. The smallest absolute Gasteiger partial charge is 0.0539 e. The zero-order valence-corrected chi connectivity index (χ0v) is 14.8. The summed E-state index contributed by atoms with van der Waals surface area (Å²) in [5.74, 6) is 2.30. The fourth-order valence-electron chi connectivity index (χ4n) is 3.40. The molecule has 0 radical (unpaired) electrons. The van der Waals surface area contributed by atoms with Crippen LogP contribution in [0.4, 0.5) is 0 Å². The summed E-state index contributed by atoms with van der Waals surface area (Å²) in [6.45, 7) is 0. The molecule has 0 saturated carbocycles. The first kappa shape index (κ1) is 14.6. The van der Waals surface area contributed by atoms with Gasteiger partial charge in [0.1, 0.15) is 0 Å². The van der Waals surface area contributed by atoms with Crippen LogP contribution in [0, 0.1) is 0 Å². The molecule has 1 saturated heterocycles. The second kappa shape index (κ2) is 5.94. The van der Waals surface area contributed by atoms with Crippen LogP contribution in [0.1, 0.15) is 21.9 Å². The molecule has 3 heterocycles. The van der Waals surface area contributed by atoms with Gasteiger partial charge in [-0.15, -0.1) is 23.5 Å². The number of hydrogen-bond donors (Lipinski definition) is 2. The Morgan fingerprint density at radius 3 is 1.54 bits per heavy atom. The second-order valence-corrected chi connectivity index (χ2v) is 8.74.